The molecule has 0 radical (unpaired) electrons. The van der Waals surface area contributed by atoms with Crippen LogP contribution in [0.25, 0.3) is 0 Å². The van der Waals surface area contributed by atoms with Crippen molar-refractivity contribution in [3.05, 3.63) is 92.7 Å². The molecule has 1 fully saturated rings. The van der Waals surface area contributed by atoms with Crippen LogP contribution in [-0.2, 0) is 11.3 Å². The molecule has 5 nitrogen and oxygen atoms in total. The van der Waals surface area contributed by atoms with Crippen LogP contribution in [-0.4, -0.2) is 21.1 Å². The third-order valence-corrected chi connectivity index (χ3v) is 6.97. The number of rotatable bonds is 6. The summed E-state index contributed by atoms with van der Waals surface area (Å²) < 4.78 is -1.31. The molecule has 0 saturated heterocycles. The number of anilines is 1. The molecule has 1 aliphatic rings. The van der Waals surface area contributed by atoms with Gasteiger partial charge in [0.1, 0.15) is 4.33 Å². The first-order chi connectivity index (χ1) is 15.7. The first kappa shape index (κ1) is 24.1. The summed E-state index contributed by atoms with van der Waals surface area (Å²) in [5, 5.41) is 6.66. The van der Waals surface area contributed by atoms with Crippen molar-refractivity contribution in [2.45, 2.75) is 16.8 Å². The van der Waals surface area contributed by atoms with Crippen molar-refractivity contribution in [3.8, 4) is 0 Å². The lowest BCUT2D eigenvalue weighted by Crippen LogP contribution is -2.23. The van der Waals surface area contributed by atoms with Crippen molar-refractivity contribution in [2.24, 2.45) is 5.92 Å². The first-order valence-electron chi connectivity index (χ1n) is 9.78. The molecule has 0 unspecified atom stereocenters. The predicted molar refractivity (Wildman–Crippen MR) is 133 cm³/mol. The van der Waals surface area contributed by atoms with Crippen LogP contribution in [0.5, 0.6) is 0 Å². The lowest BCUT2D eigenvalue weighted by molar-refractivity contribution is -0.117. The molecule has 10 heteroatoms. The Kier molecular flexibility index (Phi) is 7.08. The van der Waals surface area contributed by atoms with Crippen LogP contribution in [0.15, 0.2) is 60.9 Å². The molecule has 1 aromatic heterocycles. The number of pyridine rings is 1. The molecule has 0 spiro atoms. The fourth-order valence-corrected chi connectivity index (χ4v) is 5.17. The van der Waals surface area contributed by atoms with E-state index in [-0.39, 0.29) is 16.5 Å². The SMILES string of the molecule is O=C(NCc1ccncc1)c1cc(NC(=O)[C@@H]2[C@@H](c3cc(Cl)cc(Cl)c3)C2(Cl)Cl)ccc1Cl. The summed E-state index contributed by atoms with van der Waals surface area (Å²) in [6, 6.07) is 13.2. The van der Waals surface area contributed by atoms with Gasteiger partial charge in [-0.2, -0.15) is 0 Å². The summed E-state index contributed by atoms with van der Waals surface area (Å²) in [5.41, 5.74) is 2.17. The second-order valence-electron chi connectivity index (χ2n) is 7.55. The van der Waals surface area contributed by atoms with Gasteiger partial charge in [-0.1, -0.05) is 34.8 Å². The number of alkyl halides is 2. The van der Waals surface area contributed by atoms with Gasteiger partial charge in [0, 0.05) is 40.6 Å². The highest BCUT2D eigenvalue weighted by atomic mass is 35.5. The molecule has 2 amide bonds. The summed E-state index contributed by atoms with van der Waals surface area (Å²) in [6.07, 6.45) is 3.28. The monoisotopic (exact) mass is 541 g/mol. The molecule has 3 aromatic rings. The highest BCUT2D eigenvalue weighted by Crippen LogP contribution is 2.65. The van der Waals surface area contributed by atoms with E-state index in [1.165, 1.54) is 12.1 Å². The topological polar surface area (TPSA) is 71.1 Å². The summed E-state index contributed by atoms with van der Waals surface area (Å²) in [7, 11) is 0. The molecule has 33 heavy (non-hydrogen) atoms. The van der Waals surface area contributed by atoms with Gasteiger partial charge in [-0.05, 0) is 59.7 Å². The minimum atomic E-state index is -1.31. The molecule has 1 aliphatic carbocycles. The van der Waals surface area contributed by atoms with Crippen molar-refractivity contribution < 1.29 is 9.59 Å². The average Bonchev–Trinajstić information content (AvgIpc) is 3.35. The Bertz CT molecular complexity index is 1200. The van der Waals surface area contributed by atoms with Crippen molar-refractivity contribution in [3.63, 3.8) is 0 Å². The maximum Gasteiger partial charge on any atom is 0.253 e. The summed E-state index contributed by atoms with van der Waals surface area (Å²) >= 11 is 31.2. The second kappa shape index (κ2) is 9.69. The molecule has 1 saturated carbocycles. The molecule has 170 valence electrons. The number of nitrogens with zero attached hydrogens (tertiary/aromatic N) is 1. The Balaban J connectivity index is 1.46. The molecule has 2 N–H and O–H groups in total. The molecule has 0 aliphatic heterocycles. The number of benzene rings is 2. The molecule has 4 rings (SSSR count). The standard InChI is InChI=1S/C23H16Cl5N3O2/c24-14-7-13(8-15(25)9-14)19-20(23(19,27)28)22(33)31-16-1-2-18(26)17(10-16)21(32)30-11-12-3-5-29-6-4-12/h1-10,19-20H,11H2,(H,30,32)(H,31,33)/t19-,20+/m1/s1. The summed E-state index contributed by atoms with van der Waals surface area (Å²) in [5.74, 6) is -1.98. The van der Waals surface area contributed by atoms with E-state index in [2.05, 4.69) is 15.6 Å². The van der Waals surface area contributed by atoms with E-state index in [0.717, 1.165) is 5.56 Å². The quantitative estimate of drug-likeness (QED) is 0.349. The largest absolute Gasteiger partial charge is 0.348 e. The number of amides is 2. The van der Waals surface area contributed by atoms with Crippen LogP contribution in [0.4, 0.5) is 5.69 Å². The maximum atomic E-state index is 12.9. The van der Waals surface area contributed by atoms with Gasteiger partial charge >= 0.3 is 0 Å². The van der Waals surface area contributed by atoms with Crippen molar-refractivity contribution >= 4 is 75.5 Å². The average molecular weight is 544 g/mol. The minimum Gasteiger partial charge on any atom is -0.348 e. The van der Waals surface area contributed by atoms with E-state index in [9.17, 15) is 9.59 Å². The zero-order valence-electron chi connectivity index (χ0n) is 16.8. The van der Waals surface area contributed by atoms with Crippen LogP contribution in [0.1, 0.15) is 27.4 Å². The highest BCUT2D eigenvalue weighted by molar-refractivity contribution is 6.53. The van der Waals surface area contributed by atoms with E-state index in [0.29, 0.717) is 27.8 Å². The zero-order valence-corrected chi connectivity index (χ0v) is 20.6. The number of hydrogen-bond acceptors (Lipinski definition) is 3. The van der Waals surface area contributed by atoms with Gasteiger partial charge in [-0.3, -0.25) is 14.6 Å². The fourth-order valence-electron chi connectivity index (χ4n) is 3.60. The van der Waals surface area contributed by atoms with Crippen LogP contribution >= 0.6 is 58.0 Å². The van der Waals surface area contributed by atoms with Gasteiger partial charge in [-0.25, -0.2) is 0 Å². The van der Waals surface area contributed by atoms with Crippen LogP contribution in [0.2, 0.25) is 15.1 Å². The van der Waals surface area contributed by atoms with Gasteiger partial charge in [0.2, 0.25) is 5.91 Å². The Hall–Kier alpha value is -2.02. The Morgan fingerprint density at radius 1 is 0.939 bits per heavy atom. The van der Waals surface area contributed by atoms with E-state index < -0.39 is 22.1 Å². The number of hydrogen-bond donors (Lipinski definition) is 2. The normalized spacial score (nSPS) is 18.5. The molecule has 2 aromatic carbocycles. The van der Waals surface area contributed by atoms with Gasteiger partial charge in [-0.15, -0.1) is 23.2 Å². The zero-order chi connectivity index (χ0) is 23.8. The van der Waals surface area contributed by atoms with Gasteiger partial charge in [0.05, 0.1) is 16.5 Å². The number of carbonyl (C=O) groups excluding carboxylic acids is 2. The fraction of sp³-hybridized carbons (Fsp3) is 0.174. The summed E-state index contributed by atoms with van der Waals surface area (Å²) in [6.45, 7) is 0.307. The molecular formula is C23H16Cl5N3O2. The number of carbonyl (C=O) groups is 2. The third-order valence-electron chi connectivity index (χ3n) is 5.26. The number of halogens is 5. The van der Waals surface area contributed by atoms with E-state index in [4.69, 9.17) is 58.0 Å². The smallest absolute Gasteiger partial charge is 0.253 e. The van der Waals surface area contributed by atoms with Gasteiger partial charge in [0.25, 0.3) is 5.91 Å². The Morgan fingerprint density at radius 2 is 1.61 bits per heavy atom. The first-order valence-corrected chi connectivity index (χ1v) is 11.7. The van der Waals surface area contributed by atoms with Crippen LogP contribution in [0, 0.1) is 5.92 Å². The van der Waals surface area contributed by atoms with E-state index in [1.54, 1.807) is 48.8 Å². The van der Waals surface area contributed by atoms with Crippen molar-refractivity contribution in [1.82, 2.24) is 10.3 Å². The minimum absolute atomic E-state index is 0.223. The Labute approximate surface area is 215 Å². The summed E-state index contributed by atoms with van der Waals surface area (Å²) in [4.78, 5) is 29.5. The van der Waals surface area contributed by atoms with Crippen molar-refractivity contribution in [2.75, 3.05) is 5.32 Å². The van der Waals surface area contributed by atoms with Crippen LogP contribution < -0.4 is 10.6 Å². The highest BCUT2D eigenvalue weighted by Gasteiger charge is 2.67. The van der Waals surface area contributed by atoms with E-state index >= 15 is 0 Å². The Morgan fingerprint density at radius 3 is 2.27 bits per heavy atom. The third kappa shape index (κ3) is 5.39. The van der Waals surface area contributed by atoms with Gasteiger partial charge < -0.3 is 10.6 Å². The molecule has 1 heterocycles. The second-order valence-corrected chi connectivity index (χ2v) is 10.3. The molecule has 0 bridgehead atoms. The lowest BCUT2D eigenvalue weighted by atomic mass is 10.1. The number of aromatic nitrogens is 1. The van der Waals surface area contributed by atoms with E-state index in [1.807, 2.05) is 0 Å². The van der Waals surface area contributed by atoms with Gasteiger partial charge in [0.15, 0.2) is 0 Å². The van der Waals surface area contributed by atoms with Crippen molar-refractivity contribution in [1.29, 1.82) is 0 Å². The molecular weight excluding hydrogens is 528 g/mol. The predicted octanol–water partition coefficient (Wildman–Crippen LogP) is 6.50. The lowest BCUT2D eigenvalue weighted by Gasteiger charge is -2.10. The molecule has 2 atom stereocenters. The van der Waals surface area contributed by atoms with Crippen LogP contribution in [0.3, 0.4) is 0 Å². The number of nitrogens with one attached hydrogen (secondary N) is 2. The maximum absolute atomic E-state index is 12.9.